The minimum Gasteiger partial charge on any atom is -0.379 e. The van der Waals surface area contributed by atoms with Gasteiger partial charge in [0.25, 0.3) is 5.91 Å². The fourth-order valence-electron chi connectivity index (χ4n) is 1.74. The van der Waals surface area contributed by atoms with Gasteiger partial charge in [0, 0.05) is 12.2 Å². The van der Waals surface area contributed by atoms with Crippen LogP contribution in [0, 0.1) is 6.92 Å². The van der Waals surface area contributed by atoms with E-state index >= 15 is 0 Å². The van der Waals surface area contributed by atoms with Crippen LogP contribution in [0.25, 0.3) is 0 Å². The summed E-state index contributed by atoms with van der Waals surface area (Å²) in [6, 6.07) is 7.79. The monoisotopic (exact) mass is 205 g/mol. The van der Waals surface area contributed by atoms with Crippen molar-refractivity contribution in [2.24, 2.45) is 0 Å². The molecule has 80 valence electrons. The second-order valence-electron chi connectivity index (χ2n) is 3.85. The third-order valence-corrected chi connectivity index (χ3v) is 2.65. The molecule has 3 nitrogen and oxygen atoms in total. The van der Waals surface area contributed by atoms with Gasteiger partial charge in [0.15, 0.2) is 0 Å². The Labute approximate surface area is 89.4 Å². The number of ether oxygens (including phenoxy) is 1. The maximum atomic E-state index is 11.9. The van der Waals surface area contributed by atoms with Gasteiger partial charge in [0.05, 0.1) is 12.6 Å². The highest BCUT2D eigenvalue weighted by Gasteiger charge is 2.18. The fraction of sp³-hybridized carbons (Fsp3) is 0.417. The van der Waals surface area contributed by atoms with Crippen molar-refractivity contribution in [2.75, 3.05) is 13.2 Å². The SMILES string of the molecule is Cc1ccccc1C(=O)N[C@H]1CCOC1. The van der Waals surface area contributed by atoms with Gasteiger partial charge in [-0.25, -0.2) is 0 Å². The van der Waals surface area contributed by atoms with E-state index in [1.165, 1.54) is 0 Å². The van der Waals surface area contributed by atoms with Gasteiger partial charge >= 0.3 is 0 Å². The van der Waals surface area contributed by atoms with E-state index in [4.69, 9.17) is 4.74 Å². The molecule has 3 heteroatoms. The van der Waals surface area contributed by atoms with Gasteiger partial charge in [-0.2, -0.15) is 0 Å². The summed E-state index contributed by atoms with van der Waals surface area (Å²) >= 11 is 0. The molecule has 1 aromatic carbocycles. The predicted molar refractivity (Wildman–Crippen MR) is 57.9 cm³/mol. The Morgan fingerprint density at radius 1 is 1.47 bits per heavy atom. The molecule has 1 aliphatic rings. The Hall–Kier alpha value is -1.35. The van der Waals surface area contributed by atoms with Crippen LogP contribution in [0.1, 0.15) is 22.3 Å². The summed E-state index contributed by atoms with van der Waals surface area (Å²) in [6.45, 7) is 3.33. The highest BCUT2D eigenvalue weighted by atomic mass is 16.5. The first-order chi connectivity index (χ1) is 7.27. The first-order valence-corrected chi connectivity index (χ1v) is 5.21. The summed E-state index contributed by atoms with van der Waals surface area (Å²) in [6.07, 6.45) is 0.914. The van der Waals surface area contributed by atoms with Gasteiger partial charge in [-0.3, -0.25) is 4.79 Å². The molecule has 1 N–H and O–H groups in total. The van der Waals surface area contributed by atoms with Crippen molar-refractivity contribution in [1.82, 2.24) is 5.32 Å². The average molecular weight is 205 g/mol. The zero-order chi connectivity index (χ0) is 10.7. The van der Waals surface area contributed by atoms with Crippen LogP contribution in [-0.4, -0.2) is 25.2 Å². The van der Waals surface area contributed by atoms with Crippen LogP contribution in [0.2, 0.25) is 0 Å². The second kappa shape index (κ2) is 4.45. The standard InChI is InChI=1S/C12H15NO2/c1-9-4-2-3-5-11(9)12(14)13-10-6-7-15-8-10/h2-5,10H,6-8H2,1H3,(H,13,14)/t10-/m0/s1. The quantitative estimate of drug-likeness (QED) is 0.794. The third-order valence-electron chi connectivity index (χ3n) is 2.65. The first kappa shape index (κ1) is 10.2. The smallest absolute Gasteiger partial charge is 0.251 e. The molecule has 0 unspecified atom stereocenters. The van der Waals surface area contributed by atoms with Crippen LogP contribution >= 0.6 is 0 Å². The highest BCUT2D eigenvalue weighted by molar-refractivity contribution is 5.95. The van der Waals surface area contributed by atoms with Crippen molar-refractivity contribution >= 4 is 5.91 Å². The number of nitrogens with one attached hydrogen (secondary N) is 1. The molecule has 0 bridgehead atoms. The third kappa shape index (κ3) is 2.36. The van der Waals surface area contributed by atoms with Crippen molar-refractivity contribution < 1.29 is 9.53 Å². The van der Waals surface area contributed by atoms with Gasteiger partial charge in [-0.1, -0.05) is 18.2 Å². The number of carbonyl (C=O) groups excluding carboxylic acids is 1. The molecule has 0 radical (unpaired) electrons. The van der Waals surface area contributed by atoms with Gasteiger partial charge in [-0.15, -0.1) is 0 Å². The molecule has 1 aromatic rings. The lowest BCUT2D eigenvalue weighted by molar-refractivity contribution is 0.0929. The number of hydrogen-bond acceptors (Lipinski definition) is 2. The number of carbonyl (C=O) groups is 1. The molecular formula is C12H15NO2. The Morgan fingerprint density at radius 2 is 2.27 bits per heavy atom. The molecule has 1 heterocycles. The molecular weight excluding hydrogens is 190 g/mol. The molecule has 1 saturated heterocycles. The molecule has 1 fully saturated rings. The summed E-state index contributed by atoms with van der Waals surface area (Å²) in [4.78, 5) is 11.9. The van der Waals surface area contributed by atoms with E-state index < -0.39 is 0 Å². The number of hydrogen-bond donors (Lipinski definition) is 1. The van der Waals surface area contributed by atoms with Crippen molar-refractivity contribution in [3.63, 3.8) is 0 Å². The normalized spacial score (nSPS) is 20.2. The Balaban J connectivity index is 2.04. The van der Waals surface area contributed by atoms with Crippen LogP contribution < -0.4 is 5.32 Å². The fourth-order valence-corrected chi connectivity index (χ4v) is 1.74. The number of rotatable bonds is 2. The van der Waals surface area contributed by atoms with E-state index in [0.29, 0.717) is 6.61 Å². The lowest BCUT2D eigenvalue weighted by atomic mass is 10.1. The van der Waals surface area contributed by atoms with Gasteiger partial charge in [-0.05, 0) is 25.0 Å². The van der Waals surface area contributed by atoms with E-state index in [0.717, 1.165) is 24.2 Å². The lowest BCUT2D eigenvalue weighted by Crippen LogP contribution is -2.35. The van der Waals surface area contributed by atoms with Crippen molar-refractivity contribution in [3.05, 3.63) is 35.4 Å². The molecule has 0 aliphatic carbocycles. The van der Waals surface area contributed by atoms with Crippen LogP contribution in [-0.2, 0) is 4.74 Å². The average Bonchev–Trinajstić information content (AvgIpc) is 2.71. The molecule has 1 amide bonds. The van der Waals surface area contributed by atoms with Crippen LogP contribution in [0.3, 0.4) is 0 Å². The molecule has 1 atom stereocenters. The molecule has 2 rings (SSSR count). The molecule has 1 aliphatic heterocycles. The van der Waals surface area contributed by atoms with Crippen LogP contribution in [0.4, 0.5) is 0 Å². The maximum Gasteiger partial charge on any atom is 0.251 e. The Kier molecular flexibility index (Phi) is 3.02. The van der Waals surface area contributed by atoms with E-state index in [1.807, 2.05) is 31.2 Å². The van der Waals surface area contributed by atoms with Crippen LogP contribution in [0.5, 0.6) is 0 Å². The van der Waals surface area contributed by atoms with E-state index in [2.05, 4.69) is 5.32 Å². The molecule has 0 spiro atoms. The zero-order valence-electron chi connectivity index (χ0n) is 8.82. The number of benzene rings is 1. The Morgan fingerprint density at radius 3 is 2.93 bits per heavy atom. The van der Waals surface area contributed by atoms with Crippen molar-refractivity contribution in [1.29, 1.82) is 0 Å². The summed E-state index contributed by atoms with van der Waals surface area (Å²) in [7, 11) is 0. The minimum atomic E-state index is 0.00333. The van der Waals surface area contributed by atoms with Gasteiger partial charge in [0.1, 0.15) is 0 Å². The highest BCUT2D eigenvalue weighted by Crippen LogP contribution is 2.09. The first-order valence-electron chi connectivity index (χ1n) is 5.21. The number of amides is 1. The summed E-state index contributed by atoms with van der Waals surface area (Å²) in [5.41, 5.74) is 1.76. The largest absolute Gasteiger partial charge is 0.379 e. The van der Waals surface area contributed by atoms with E-state index in [9.17, 15) is 4.79 Å². The topological polar surface area (TPSA) is 38.3 Å². The van der Waals surface area contributed by atoms with Crippen LogP contribution in [0.15, 0.2) is 24.3 Å². The summed E-state index contributed by atoms with van der Waals surface area (Å²) < 4.78 is 5.21. The van der Waals surface area contributed by atoms with Crippen molar-refractivity contribution in [2.45, 2.75) is 19.4 Å². The van der Waals surface area contributed by atoms with Gasteiger partial charge in [0.2, 0.25) is 0 Å². The zero-order valence-corrected chi connectivity index (χ0v) is 8.82. The van der Waals surface area contributed by atoms with Crippen molar-refractivity contribution in [3.8, 4) is 0 Å². The molecule has 0 saturated carbocycles. The predicted octanol–water partition coefficient (Wildman–Crippen LogP) is 1.51. The molecule has 0 aromatic heterocycles. The lowest BCUT2D eigenvalue weighted by Gasteiger charge is -2.11. The number of aryl methyl sites for hydroxylation is 1. The summed E-state index contributed by atoms with van der Waals surface area (Å²) in [5, 5.41) is 2.97. The second-order valence-corrected chi connectivity index (χ2v) is 3.85. The minimum absolute atomic E-state index is 0.00333. The van der Waals surface area contributed by atoms with Gasteiger partial charge < -0.3 is 10.1 Å². The maximum absolute atomic E-state index is 11.9. The van der Waals surface area contributed by atoms with E-state index in [-0.39, 0.29) is 11.9 Å². The summed E-state index contributed by atoms with van der Waals surface area (Å²) in [5.74, 6) is 0.00333. The Bertz CT molecular complexity index is 356. The van der Waals surface area contributed by atoms with E-state index in [1.54, 1.807) is 0 Å². The molecule has 15 heavy (non-hydrogen) atoms.